The lowest BCUT2D eigenvalue weighted by molar-refractivity contribution is -0.123. The first-order valence-corrected chi connectivity index (χ1v) is 9.61. The van der Waals surface area contributed by atoms with Crippen molar-refractivity contribution in [3.8, 4) is 22.2 Å². The predicted octanol–water partition coefficient (Wildman–Crippen LogP) is 3.34. The van der Waals surface area contributed by atoms with Crippen LogP contribution in [0, 0.1) is 0 Å². The highest BCUT2D eigenvalue weighted by molar-refractivity contribution is 7.13. The molecule has 3 rings (SSSR count). The Morgan fingerprint density at radius 2 is 1.93 bits per heavy atom. The number of amides is 1. The minimum atomic E-state index is -0.197. The van der Waals surface area contributed by atoms with E-state index in [2.05, 4.69) is 22.4 Å². The Morgan fingerprint density at radius 1 is 1.07 bits per heavy atom. The lowest BCUT2D eigenvalue weighted by atomic mass is 10.2. The first-order chi connectivity index (χ1) is 13.2. The zero-order chi connectivity index (χ0) is 18.9. The number of rotatable bonds is 9. The second-order valence-electron chi connectivity index (χ2n) is 5.72. The lowest BCUT2D eigenvalue weighted by Gasteiger charge is -2.09. The molecule has 1 amide bonds. The Labute approximate surface area is 162 Å². The first-order valence-electron chi connectivity index (χ1n) is 8.73. The van der Waals surface area contributed by atoms with Crippen molar-refractivity contribution < 1.29 is 14.3 Å². The summed E-state index contributed by atoms with van der Waals surface area (Å²) in [4.78, 5) is 12.9. The second kappa shape index (κ2) is 9.68. The van der Waals surface area contributed by atoms with Gasteiger partial charge in [-0.05, 0) is 41.6 Å². The number of thiophene rings is 1. The fourth-order valence-corrected chi connectivity index (χ4v) is 3.01. The summed E-state index contributed by atoms with van der Waals surface area (Å²) < 4.78 is 10.9. The van der Waals surface area contributed by atoms with Crippen molar-refractivity contribution in [2.45, 2.75) is 13.3 Å². The molecule has 6 nitrogen and oxygen atoms in total. The van der Waals surface area contributed by atoms with Gasteiger partial charge in [-0.2, -0.15) is 0 Å². The Hall–Kier alpha value is -2.93. The van der Waals surface area contributed by atoms with E-state index in [1.54, 1.807) is 17.4 Å². The van der Waals surface area contributed by atoms with Crippen LogP contribution in [0.25, 0.3) is 10.6 Å². The third-order valence-corrected chi connectivity index (χ3v) is 4.68. The van der Waals surface area contributed by atoms with Crippen LogP contribution in [-0.2, 0) is 11.2 Å². The molecular formula is C20H21N3O3S. The average molecular weight is 383 g/mol. The number of hydrogen-bond donors (Lipinski definition) is 1. The maximum absolute atomic E-state index is 11.8. The van der Waals surface area contributed by atoms with E-state index in [9.17, 15) is 4.79 Å². The lowest BCUT2D eigenvalue weighted by Crippen LogP contribution is -2.32. The van der Waals surface area contributed by atoms with Crippen molar-refractivity contribution in [2.75, 3.05) is 19.8 Å². The Kier molecular flexibility index (Phi) is 6.76. The number of nitrogens with zero attached hydrogens (tertiary/aromatic N) is 2. The van der Waals surface area contributed by atoms with Gasteiger partial charge in [0.1, 0.15) is 18.1 Å². The van der Waals surface area contributed by atoms with E-state index >= 15 is 0 Å². The van der Waals surface area contributed by atoms with E-state index in [1.807, 2.05) is 47.8 Å². The van der Waals surface area contributed by atoms with E-state index in [0.29, 0.717) is 24.8 Å². The highest BCUT2D eigenvalue weighted by atomic mass is 32.1. The van der Waals surface area contributed by atoms with Crippen molar-refractivity contribution in [1.82, 2.24) is 15.5 Å². The zero-order valence-corrected chi connectivity index (χ0v) is 15.9. The second-order valence-corrected chi connectivity index (χ2v) is 6.67. The van der Waals surface area contributed by atoms with Crippen LogP contribution in [0.15, 0.2) is 53.9 Å². The molecule has 1 aromatic carbocycles. The monoisotopic (exact) mass is 383 g/mol. The van der Waals surface area contributed by atoms with Gasteiger partial charge in [-0.1, -0.05) is 25.1 Å². The van der Waals surface area contributed by atoms with Crippen LogP contribution in [-0.4, -0.2) is 35.9 Å². The number of benzene rings is 1. The van der Waals surface area contributed by atoms with Gasteiger partial charge in [0, 0.05) is 6.07 Å². The molecule has 140 valence electrons. The molecule has 3 aromatic rings. The zero-order valence-electron chi connectivity index (χ0n) is 15.1. The summed E-state index contributed by atoms with van der Waals surface area (Å²) in [6.07, 6.45) is 0.974. The van der Waals surface area contributed by atoms with E-state index < -0.39 is 0 Å². The molecule has 0 atom stereocenters. The highest BCUT2D eigenvalue weighted by Crippen LogP contribution is 2.22. The van der Waals surface area contributed by atoms with Gasteiger partial charge in [0.05, 0.1) is 11.4 Å². The van der Waals surface area contributed by atoms with Crippen LogP contribution < -0.4 is 14.8 Å². The van der Waals surface area contributed by atoms with Crippen LogP contribution in [0.2, 0.25) is 0 Å². The molecule has 0 saturated carbocycles. The van der Waals surface area contributed by atoms with Gasteiger partial charge < -0.3 is 14.8 Å². The summed E-state index contributed by atoms with van der Waals surface area (Å²) in [5, 5.41) is 12.9. The van der Waals surface area contributed by atoms with E-state index in [-0.39, 0.29) is 12.5 Å². The molecule has 1 N–H and O–H groups in total. The molecule has 0 aliphatic carbocycles. The SMILES string of the molecule is CCc1ccc(OCC(=O)NCCOc2ccc(-c3cccs3)nn2)cc1. The molecule has 27 heavy (non-hydrogen) atoms. The standard InChI is InChI=1S/C20H21N3O3S/c1-2-15-5-7-16(8-6-15)26-14-19(24)21-11-12-25-20-10-9-17(22-23-20)18-4-3-13-27-18/h3-10,13H,2,11-12,14H2,1H3,(H,21,24). The maximum atomic E-state index is 11.8. The third kappa shape index (κ3) is 5.79. The van der Waals surface area contributed by atoms with Crippen LogP contribution in [0.5, 0.6) is 11.6 Å². The summed E-state index contributed by atoms with van der Waals surface area (Å²) >= 11 is 1.61. The summed E-state index contributed by atoms with van der Waals surface area (Å²) in [5.41, 5.74) is 2.05. The predicted molar refractivity (Wildman–Crippen MR) is 105 cm³/mol. The minimum Gasteiger partial charge on any atom is -0.484 e. The molecule has 0 bridgehead atoms. The number of carbonyl (C=O) groups is 1. The quantitative estimate of drug-likeness (QED) is 0.574. The van der Waals surface area contributed by atoms with Crippen LogP contribution in [0.4, 0.5) is 0 Å². The number of carbonyl (C=O) groups excluding carboxylic acids is 1. The van der Waals surface area contributed by atoms with Crippen LogP contribution in [0.1, 0.15) is 12.5 Å². The van der Waals surface area contributed by atoms with E-state index in [4.69, 9.17) is 9.47 Å². The minimum absolute atomic E-state index is 0.0270. The summed E-state index contributed by atoms with van der Waals surface area (Å²) in [7, 11) is 0. The van der Waals surface area contributed by atoms with Gasteiger partial charge in [-0.25, -0.2) is 0 Å². The Bertz CT molecular complexity index is 834. The molecule has 0 unspecified atom stereocenters. The summed E-state index contributed by atoms with van der Waals surface area (Å²) in [6.45, 7) is 2.74. The number of nitrogens with one attached hydrogen (secondary N) is 1. The Balaban J connectivity index is 1.34. The molecule has 2 aromatic heterocycles. The van der Waals surface area contributed by atoms with Gasteiger partial charge >= 0.3 is 0 Å². The van der Waals surface area contributed by atoms with Gasteiger partial charge in [-0.3, -0.25) is 4.79 Å². The van der Waals surface area contributed by atoms with Gasteiger partial charge in [0.2, 0.25) is 5.88 Å². The van der Waals surface area contributed by atoms with Gasteiger partial charge in [0.25, 0.3) is 5.91 Å². The summed E-state index contributed by atoms with van der Waals surface area (Å²) in [5.74, 6) is 0.911. The van der Waals surface area contributed by atoms with Crippen LogP contribution >= 0.6 is 11.3 Å². The molecule has 0 radical (unpaired) electrons. The van der Waals surface area contributed by atoms with Crippen LogP contribution in [0.3, 0.4) is 0 Å². The normalized spacial score (nSPS) is 10.4. The van der Waals surface area contributed by atoms with Crippen molar-refractivity contribution in [1.29, 1.82) is 0 Å². The van der Waals surface area contributed by atoms with Gasteiger partial charge in [0.15, 0.2) is 6.61 Å². The molecule has 2 heterocycles. The topological polar surface area (TPSA) is 73.3 Å². The number of ether oxygens (including phenoxy) is 2. The fraction of sp³-hybridized carbons (Fsp3) is 0.250. The van der Waals surface area contributed by atoms with E-state index in [1.165, 1.54) is 5.56 Å². The highest BCUT2D eigenvalue weighted by Gasteiger charge is 2.05. The molecule has 7 heteroatoms. The number of hydrogen-bond acceptors (Lipinski definition) is 6. The molecule has 0 aliphatic rings. The molecule has 0 fully saturated rings. The molecule has 0 saturated heterocycles. The van der Waals surface area contributed by atoms with Crippen molar-refractivity contribution in [3.05, 3.63) is 59.5 Å². The number of aromatic nitrogens is 2. The van der Waals surface area contributed by atoms with Crippen molar-refractivity contribution in [2.24, 2.45) is 0 Å². The smallest absolute Gasteiger partial charge is 0.258 e. The molecule has 0 spiro atoms. The Morgan fingerprint density at radius 3 is 2.59 bits per heavy atom. The maximum Gasteiger partial charge on any atom is 0.258 e. The third-order valence-electron chi connectivity index (χ3n) is 3.79. The van der Waals surface area contributed by atoms with Gasteiger partial charge in [-0.15, -0.1) is 21.5 Å². The first kappa shape index (κ1) is 18.8. The van der Waals surface area contributed by atoms with Crippen molar-refractivity contribution in [3.63, 3.8) is 0 Å². The number of aryl methyl sites for hydroxylation is 1. The molecule has 0 aliphatic heterocycles. The molecular weight excluding hydrogens is 362 g/mol. The summed E-state index contributed by atoms with van der Waals surface area (Å²) in [6, 6.07) is 15.3. The largest absolute Gasteiger partial charge is 0.484 e. The average Bonchev–Trinajstić information content (AvgIpc) is 3.25. The fourth-order valence-electron chi connectivity index (χ4n) is 2.32. The van der Waals surface area contributed by atoms with Crippen molar-refractivity contribution >= 4 is 17.2 Å². The van der Waals surface area contributed by atoms with E-state index in [0.717, 1.165) is 17.0 Å².